The number of nitrogens with zero attached hydrogens (tertiary/aromatic N) is 1. The summed E-state index contributed by atoms with van der Waals surface area (Å²) in [5.41, 5.74) is -0.0305. The second-order valence-corrected chi connectivity index (χ2v) is 4.75. The molecule has 0 aliphatic carbocycles. The first kappa shape index (κ1) is 12.1. The maximum absolute atomic E-state index is 11.6. The second-order valence-electron chi connectivity index (χ2n) is 2.62. The quantitative estimate of drug-likeness (QED) is 0.664. The minimum atomic E-state index is -0.0305. The van der Waals surface area contributed by atoms with E-state index in [9.17, 15) is 4.79 Å². The van der Waals surface area contributed by atoms with Gasteiger partial charge < -0.3 is 4.57 Å². The van der Waals surface area contributed by atoms with Crippen molar-refractivity contribution in [3.05, 3.63) is 43.7 Å². The van der Waals surface area contributed by atoms with E-state index in [0.717, 1.165) is 4.47 Å². The molecule has 1 heterocycles. The van der Waals surface area contributed by atoms with Crippen molar-refractivity contribution in [2.45, 2.75) is 6.54 Å². The number of pyridine rings is 1. The first-order valence-corrected chi connectivity index (χ1v) is 6.18. The lowest BCUT2D eigenvalue weighted by Gasteiger charge is -2.03. The number of thiol groups is 1. The molecule has 0 N–H and O–H groups in total. The number of halogens is 2. The lowest BCUT2D eigenvalue weighted by atomic mass is 10.4. The van der Waals surface area contributed by atoms with Crippen LogP contribution in [-0.2, 0) is 6.54 Å². The van der Waals surface area contributed by atoms with Gasteiger partial charge in [-0.3, -0.25) is 4.79 Å². The minimum absolute atomic E-state index is 0.0305. The van der Waals surface area contributed by atoms with E-state index in [2.05, 4.69) is 44.5 Å². The van der Waals surface area contributed by atoms with Crippen molar-refractivity contribution < 1.29 is 0 Å². The molecule has 1 aromatic rings. The molecule has 1 rings (SSSR count). The Morgan fingerprint density at radius 3 is 2.79 bits per heavy atom. The van der Waals surface area contributed by atoms with Gasteiger partial charge in [-0.15, -0.1) is 0 Å². The highest BCUT2D eigenvalue weighted by Gasteiger charge is 2.00. The molecule has 0 spiro atoms. The molecular weight excluding hydrogens is 330 g/mol. The molecule has 2 nitrogen and oxygen atoms in total. The van der Waals surface area contributed by atoms with Crippen molar-refractivity contribution in [2.75, 3.05) is 5.75 Å². The van der Waals surface area contributed by atoms with E-state index < -0.39 is 0 Å². The second kappa shape index (κ2) is 5.78. The molecule has 0 bridgehead atoms. The molecule has 0 aliphatic rings. The molecule has 0 fully saturated rings. The van der Waals surface area contributed by atoms with Gasteiger partial charge in [0.05, 0.1) is 4.47 Å². The molecule has 0 saturated heterocycles. The lowest BCUT2D eigenvalue weighted by Crippen LogP contribution is -2.19. The summed E-state index contributed by atoms with van der Waals surface area (Å²) in [4.78, 5) is 11.6. The van der Waals surface area contributed by atoms with Crippen molar-refractivity contribution in [3.63, 3.8) is 0 Å². The Morgan fingerprint density at radius 2 is 2.14 bits per heavy atom. The van der Waals surface area contributed by atoms with Gasteiger partial charge in [0.1, 0.15) is 0 Å². The smallest absolute Gasteiger partial charge is 0.265 e. The molecule has 5 heteroatoms. The van der Waals surface area contributed by atoms with Crippen LogP contribution in [-0.4, -0.2) is 10.3 Å². The molecule has 0 unspecified atom stereocenters. The fourth-order valence-corrected chi connectivity index (χ4v) is 2.37. The number of hydrogen-bond donors (Lipinski definition) is 1. The monoisotopic (exact) mass is 337 g/mol. The first-order chi connectivity index (χ1) is 6.65. The van der Waals surface area contributed by atoms with Crippen LogP contribution in [0.4, 0.5) is 0 Å². The zero-order chi connectivity index (χ0) is 10.6. The molecule has 1 aromatic heterocycles. The molecular formula is C9H9Br2NOS. The SMILES string of the molecule is O=c1c(Br)cc(Br)cn1C/C=C/CS. The highest BCUT2D eigenvalue weighted by atomic mass is 79.9. The summed E-state index contributed by atoms with van der Waals surface area (Å²) in [7, 11) is 0. The van der Waals surface area contributed by atoms with Crippen molar-refractivity contribution in [3.8, 4) is 0 Å². The van der Waals surface area contributed by atoms with E-state index >= 15 is 0 Å². The number of aromatic nitrogens is 1. The third-order valence-corrected chi connectivity index (χ3v) is 2.80. The number of allylic oxidation sites excluding steroid dienone is 1. The summed E-state index contributed by atoms with van der Waals surface area (Å²) < 4.78 is 3.06. The van der Waals surface area contributed by atoms with Gasteiger partial charge in [-0.25, -0.2) is 0 Å². The molecule has 0 aliphatic heterocycles. The minimum Gasteiger partial charge on any atom is -0.310 e. The Bertz CT molecular complexity index is 400. The Kier molecular flexibility index (Phi) is 4.98. The third kappa shape index (κ3) is 3.29. The van der Waals surface area contributed by atoms with Gasteiger partial charge in [0.2, 0.25) is 0 Å². The predicted molar refractivity (Wildman–Crippen MR) is 69.1 cm³/mol. The normalized spacial score (nSPS) is 11.1. The Balaban J connectivity index is 2.97. The molecule has 14 heavy (non-hydrogen) atoms. The summed E-state index contributed by atoms with van der Waals surface area (Å²) in [6.45, 7) is 0.567. The topological polar surface area (TPSA) is 22.0 Å². The molecule has 0 aromatic carbocycles. The van der Waals surface area contributed by atoms with Gasteiger partial charge in [0.15, 0.2) is 0 Å². The number of hydrogen-bond acceptors (Lipinski definition) is 2. The Hall–Kier alpha value is -0.000000000000000111. The predicted octanol–water partition coefficient (Wildman–Crippen LogP) is 2.86. The van der Waals surface area contributed by atoms with Crippen LogP contribution in [0.5, 0.6) is 0 Å². The lowest BCUT2D eigenvalue weighted by molar-refractivity contribution is 0.770. The van der Waals surface area contributed by atoms with E-state index in [1.165, 1.54) is 0 Å². The van der Waals surface area contributed by atoms with Crippen molar-refractivity contribution in [1.82, 2.24) is 4.57 Å². The first-order valence-electron chi connectivity index (χ1n) is 3.96. The highest BCUT2D eigenvalue weighted by molar-refractivity contribution is 9.11. The van der Waals surface area contributed by atoms with Crippen molar-refractivity contribution >= 4 is 44.5 Å². The van der Waals surface area contributed by atoms with Gasteiger partial charge in [0, 0.05) is 23.0 Å². The van der Waals surface area contributed by atoms with Gasteiger partial charge in [-0.1, -0.05) is 12.2 Å². The summed E-state index contributed by atoms with van der Waals surface area (Å²) in [5.74, 6) is 0.684. The summed E-state index contributed by atoms with van der Waals surface area (Å²) in [6.07, 6.45) is 5.58. The third-order valence-electron chi connectivity index (χ3n) is 1.58. The molecule has 0 saturated carbocycles. The molecule has 0 radical (unpaired) electrons. The van der Waals surface area contributed by atoms with Crippen LogP contribution in [0.25, 0.3) is 0 Å². The molecule has 76 valence electrons. The largest absolute Gasteiger partial charge is 0.310 e. The van der Waals surface area contributed by atoms with E-state index in [4.69, 9.17) is 0 Å². The van der Waals surface area contributed by atoms with Gasteiger partial charge in [-0.2, -0.15) is 12.6 Å². The van der Waals surface area contributed by atoms with Gasteiger partial charge in [-0.05, 0) is 37.9 Å². The van der Waals surface area contributed by atoms with Gasteiger partial charge >= 0.3 is 0 Å². The van der Waals surface area contributed by atoms with Crippen LogP contribution >= 0.6 is 44.5 Å². The van der Waals surface area contributed by atoms with Crippen LogP contribution in [0.1, 0.15) is 0 Å². The number of rotatable bonds is 3. The molecule has 0 amide bonds. The zero-order valence-electron chi connectivity index (χ0n) is 7.28. The van der Waals surface area contributed by atoms with Crippen LogP contribution in [0.2, 0.25) is 0 Å². The summed E-state index contributed by atoms with van der Waals surface area (Å²) in [5, 5.41) is 0. The van der Waals surface area contributed by atoms with Crippen LogP contribution in [0, 0.1) is 0 Å². The fraction of sp³-hybridized carbons (Fsp3) is 0.222. The standard InChI is InChI=1S/C9H9Br2NOS/c10-7-5-8(11)9(13)12(6-7)3-1-2-4-14/h1-2,5-6,14H,3-4H2/b2-1+. The van der Waals surface area contributed by atoms with E-state index in [-0.39, 0.29) is 5.56 Å². The van der Waals surface area contributed by atoms with Crippen LogP contribution in [0.3, 0.4) is 0 Å². The summed E-state index contributed by atoms with van der Waals surface area (Å²) in [6, 6.07) is 1.74. The van der Waals surface area contributed by atoms with Crippen LogP contribution < -0.4 is 5.56 Å². The Labute approximate surface area is 105 Å². The molecule has 0 atom stereocenters. The maximum atomic E-state index is 11.6. The average Bonchev–Trinajstić information content (AvgIpc) is 2.13. The fourth-order valence-electron chi connectivity index (χ4n) is 0.963. The van der Waals surface area contributed by atoms with Crippen LogP contribution in [0.15, 0.2) is 38.2 Å². The van der Waals surface area contributed by atoms with E-state index in [0.29, 0.717) is 16.8 Å². The van der Waals surface area contributed by atoms with E-state index in [1.807, 2.05) is 12.2 Å². The average molecular weight is 339 g/mol. The highest BCUT2D eigenvalue weighted by Crippen LogP contribution is 2.12. The van der Waals surface area contributed by atoms with Crippen molar-refractivity contribution in [1.29, 1.82) is 0 Å². The Morgan fingerprint density at radius 1 is 1.43 bits per heavy atom. The van der Waals surface area contributed by atoms with Crippen molar-refractivity contribution in [2.24, 2.45) is 0 Å². The van der Waals surface area contributed by atoms with Gasteiger partial charge in [0.25, 0.3) is 5.56 Å². The van der Waals surface area contributed by atoms with E-state index in [1.54, 1.807) is 16.8 Å². The summed E-state index contributed by atoms with van der Waals surface area (Å²) >= 11 is 10.6. The maximum Gasteiger partial charge on any atom is 0.265 e. The zero-order valence-corrected chi connectivity index (χ0v) is 11.3.